The van der Waals surface area contributed by atoms with E-state index in [0.29, 0.717) is 5.75 Å². The van der Waals surface area contributed by atoms with E-state index in [9.17, 15) is 24.0 Å². The van der Waals surface area contributed by atoms with Gasteiger partial charge in [0.25, 0.3) is 0 Å². The summed E-state index contributed by atoms with van der Waals surface area (Å²) < 4.78 is 5.33. The number of benzene rings is 1. The van der Waals surface area contributed by atoms with Gasteiger partial charge < -0.3 is 36.5 Å². The van der Waals surface area contributed by atoms with Crippen molar-refractivity contribution in [2.75, 3.05) is 12.0 Å². The van der Waals surface area contributed by atoms with Crippen LogP contribution in [0.2, 0.25) is 0 Å². The van der Waals surface area contributed by atoms with Gasteiger partial charge in [0.15, 0.2) is 0 Å². The predicted molar refractivity (Wildman–Crippen MR) is 143 cm³/mol. The summed E-state index contributed by atoms with van der Waals surface area (Å²) in [6.45, 7) is 5.07. The van der Waals surface area contributed by atoms with E-state index in [0.717, 1.165) is 16.5 Å². The summed E-state index contributed by atoms with van der Waals surface area (Å²) in [6, 6.07) is 3.80. The maximum absolute atomic E-state index is 13.4. The van der Waals surface area contributed by atoms with Crippen LogP contribution in [0, 0.1) is 0 Å². The molecule has 0 bridgehead atoms. The highest BCUT2D eigenvalue weighted by Crippen LogP contribution is 2.19. The van der Waals surface area contributed by atoms with Crippen LogP contribution < -0.4 is 21.7 Å². The number of para-hydroxylation sites is 1. The van der Waals surface area contributed by atoms with Crippen LogP contribution in [0.25, 0.3) is 10.9 Å². The number of aromatic amines is 1. The van der Waals surface area contributed by atoms with Crippen molar-refractivity contribution in [2.24, 2.45) is 5.73 Å². The molecular weight excluding hydrogens is 514 g/mol. The molecule has 0 unspecified atom stereocenters. The van der Waals surface area contributed by atoms with Crippen molar-refractivity contribution in [1.29, 1.82) is 0 Å². The van der Waals surface area contributed by atoms with E-state index >= 15 is 0 Å². The Balaban J connectivity index is 2.28. The lowest BCUT2D eigenvalue weighted by Crippen LogP contribution is -2.57. The fourth-order valence-electron chi connectivity index (χ4n) is 3.63. The first-order valence-electron chi connectivity index (χ1n) is 12.0. The van der Waals surface area contributed by atoms with E-state index in [1.54, 1.807) is 27.0 Å². The van der Waals surface area contributed by atoms with Crippen LogP contribution in [-0.4, -0.2) is 75.6 Å². The standard InChI is InChI=1S/C25H35N5O7S/c1-25(2,3)37-24(36)30-19(11-14-13-27-16-8-6-5-7-15(14)16)23(35)28-17(9-10-38-4)22(34)29-18(21(26)33)12-20(31)32/h5-8,13,17-19,27H,9-12H2,1-4H3,(H2,26,33)(H,28,35)(H,29,34)(H,30,36)(H,31,32)/t17-,18-,19-/m0/s1. The number of rotatable bonds is 13. The molecular formula is C25H35N5O7S. The number of ether oxygens (including phenoxy) is 1. The lowest BCUT2D eigenvalue weighted by Gasteiger charge is -2.26. The first-order valence-corrected chi connectivity index (χ1v) is 13.4. The van der Waals surface area contributed by atoms with Crippen molar-refractivity contribution in [3.8, 4) is 0 Å². The van der Waals surface area contributed by atoms with Crippen molar-refractivity contribution in [3.05, 3.63) is 36.0 Å². The number of nitrogens with one attached hydrogen (secondary N) is 4. The van der Waals surface area contributed by atoms with Crippen molar-refractivity contribution < 1.29 is 33.8 Å². The van der Waals surface area contributed by atoms with Gasteiger partial charge in [0.05, 0.1) is 6.42 Å². The Bertz CT molecular complexity index is 1160. The Morgan fingerprint density at radius 2 is 1.66 bits per heavy atom. The number of aromatic nitrogens is 1. The number of hydrogen-bond acceptors (Lipinski definition) is 7. The van der Waals surface area contributed by atoms with Gasteiger partial charge in [-0.25, -0.2) is 4.79 Å². The molecule has 208 valence electrons. The Morgan fingerprint density at radius 3 is 2.26 bits per heavy atom. The minimum atomic E-state index is -1.45. The summed E-state index contributed by atoms with van der Waals surface area (Å²) in [5.41, 5.74) is 6.05. The SMILES string of the molecule is CSCC[C@H](NC(=O)[C@H](Cc1c[nH]c2ccccc12)NC(=O)OC(C)(C)C)C(=O)N[C@@H](CC(=O)O)C(N)=O. The molecule has 2 aromatic rings. The van der Waals surface area contributed by atoms with E-state index < -0.39 is 59.9 Å². The molecule has 1 aromatic heterocycles. The molecule has 3 atom stereocenters. The highest BCUT2D eigenvalue weighted by Gasteiger charge is 2.31. The summed E-state index contributed by atoms with van der Waals surface area (Å²) in [6.07, 6.45) is 2.32. The van der Waals surface area contributed by atoms with Crippen molar-refractivity contribution in [3.63, 3.8) is 0 Å². The topological polar surface area (TPSA) is 193 Å². The molecule has 4 amide bonds. The Kier molecular flexibility index (Phi) is 11.0. The molecule has 0 aliphatic heterocycles. The van der Waals surface area contributed by atoms with E-state index in [2.05, 4.69) is 20.9 Å². The number of primary amides is 1. The fourth-order valence-corrected chi connectivity index (χ4v) is 4.10. The van der Waals surface area contributed by atoms with Crippen LogP contribution in [0.15, 0.2) is 30.5 Å². The summed E-state index contributed by atoms with van der Waals surface area (Å²) in [4.78, 5) is 64.8. The minimum absolute atomic E-state index is 0.0921. The van der Waals surface area contributed by atoms with Crippen molar-refractivity contribution >= 4 is 52.4 Å². The normalized spacial score (nSPS) is 13.7. The quantitative estimate of drug-likeness (QED) is 0.215. The third kappa shape index (κ3) is 9.61. The number of nitrogens with two attached hydrogens (primary N) is 1. The summed E-state index contributed by atoms with van der Waals surface area (Å²) >= 11 is 1.43. The van der Waals surface area contributed by atoms with Gasteiger partial charge >= 0.3 is 12.1 Å². The van der Waals surface area contributed by atoms with Crippen LogP contribution in [-0.2, 0) is 30.3 Å². The number of carbonyl (C=O) groups is 5. The molecule has 0 radical (unpaired) electrons. The Labute approximate surface area is 224 Å². The number of alkyl carbamates (subject to hydrolysis) is 1. The molecule has 38 heavy (non-hydrogen) atoms. The number of H-pyrrole nitrogens is 1. The zero-order valence-electron chi connectivity index (χ0n) is 21.8. The molecule has 1 aromatic carbocycles. The van der Waals surface area contributed by atoms with Gasteiger partial charge in [-0.3, -0.25) is 19.2 Å². The van der Waals surface area contributed by atoms with Gasteiger partial charge in [-0.15, -0.1) is 0 Å². The maximum atomic E-state index is 13.4. The molecule has 13 heteroatoms. The summed E-state index contributed by atoms with van der Waals surface area (Å²) in [5.74, 6) is -3.28. The fraction of sp³-hybridized carbons (Fsp3) is 0.480. The largest absolute Gasteiger partial charge is 0.481 e. The monoisotopic (exact) mass is 549 g/mol. The molecule has 0 saturated carbocycles. The van der Waals surface area contributed by atoms with Crippen LogP contribution in [0.1, 0.15) is 39.2 Å². The average Bonchev–Trinajstić information content (AvgIpc) is 3.22. The minimum Gasteiger partial charge on any atom is -0.481 e. The molecule has 12 nitrogen and oxygen atoms in total. The third-order valence-corrected chi connectivity index (χ3v) is 6.03. The van der Waals surface area contributed by atoms with E-state index in [1.807, 2.05) is 30.5 Å². The summed E-state index contributed by atoms with van der Waals surface area (Å²) in [5, 5.41) is 17.4. The molecule has 0 aliphatic carbocycles. The zero-order valence-corrected chi connectivity index (χ0v) is 22.6. The number of thioether (sulfide) groups is 1. The molecule has 0 aliphatic rings. The highest BCUT2D eigenvalue weighted by atomic mass is 32.2. The van der Waals surface area contributed by atoms with E-state index in [4.69, 9.17) is 15.6 Å². The highest BCUT2D eigenvalue weighted by molar-refractivity contribution is 7.98. The molecule has 7 N–H and O–H groups in total. The average molecular weight is 550 g/mol. The van der Waals surface area contributed by atoms with Gasteiger partial charge in [0.2, 0.25) is 17.7 Å². The van der Waals surface area contributed by atoms with Gasteiger partial charge in [-0.1, -0.05) is 18.2 Å². The summed E-state index contributed by atoms with van der Waals surface area (Å²) in [7, 11) is 0. The first-order chi connectivity index (χ1) is 17.8. The third-order valence-electron chi connectivity index (χ3n) is 5.39. The van der Waals surface area contributed by atoms with E-state index in [-0.39, 0.29) is 12.8 Å². The van der Waals surface area contributed by atoms with Gasteiger partial charge in [0.1, 0.15) is 23.7 Å². The zero-order chi connectivity index (χ0) is 28.5. The smallest absolute Gasteiger partial charge is 0.408 e. The number of carboxylic acids is 1. The second-order valence-corrected chi connectivity index (χ2v) is 10.7. The first kappa shape index (κ1) is 30.5. The number of hydrogen-bond donors (Lipinski definition) is 6. The van der Waals surface area contributed by atoms with Crippen LogP contribution in [0.4, 0.5) is 4.79 Å². The molecule has 0 saturated heterocycles. The maximum Gasteiger partial charge on any atom is 0.408 e. The predicted octanol–water partition coefficient (Wildman–Crippen LogP) is 1.29. The van der Waals surface area contributed by atoms with Gasteiger partial charge in [-0.05, 0) is 50.8 Å². The number of carbonyl (C=O) groups excluding carboxylic acids is 4. The Morgan fingerprint density at radius 1 is 1.03 bits per heavy atom. The molecule has 0 spiro atoms. The molecule has 2 rings (SSSR count). The number of carboxylic acid groups (broad SMARTS) is 1. The lowest BCUT2D eigenvalue weighted by molar-refractivity contribution is -0.140. The number of amides is 4. The Hall–Kier alpha value is -3.74. The molecule has 1 heterocycles. The second kappa shape index (κ2) is 13.7. The second-order valence-electron chi connectivity index (χ2n) is 9.67. The van der Waals surface area contributed by atoms with Crippen molar-refractivity contribution in [2.45, 2.75) is 63.8 Å². The van der Waals surface area contributed by atoms with Crippen molar-refractivity contribution in [1.82, 2.24) is 20.9 Å². The van der Waals surface area contributed by atoms with E-state index in [1.165, 1.54) is 11.8 Å². The lowest BCUT2D eigenvalue weighted by atomic mass is 10.0. The molecule has 0 fully saturated rings. The van der Waals surface area contributed by atoms with Crippen LogP contribution >= 0.6 is 11.8 Å². The van der Waals surface area contributed by atoms with Crippen LogP contribution in [0.5, 0.6) is 0 Å². The number of aliphatic carboxylic acids is 1. The van der Waals surface area contributed by atoms with Gasteiger partial charge in [-0.2, -0.15) is 11.8 Å². The number of fused-ring (bicyclic) bond motifs is 1. The van der Waals surface area contributed by atoms with Crippen LogP contribution in [0.3, 0.4) is 0 Å². The van der Waals surface area contributed by atoms with Gasteiger partial charge in [0, 0.05) is 23.5 Å².